The molecule has 19 heavy (non-hydrogen) atoms. The van der Waals surface area contributed by atoms with Gasteiger partial charge in [0.25, 0.3) is 0 Å². The second kappa shape index (κ2) is 8.73. The predicted octanol–water partition coefficient (Wildman–Crippen LogP) is 3.71. The van der Waals surface area contributed by atoms with E-state index in [1.807, 2.05) is 6.07 Å². The maximum Gasteiger partial charge on any atom is 0.133 e. The van der Waals surface area contributed by atoms with Crippen molar-refractivity contribution in [1.82, 2.24) is 9.97 Å². The minimum atomic E-state index is 0.764. The Bertz CT molecular complexity index is 339. The minimum Gasteiger partial charge on any atom is -0.370 e. The molecule has 108 valence electrons. The monoisotopic (exact) mass is 264 g/mol. The van der Waals surface area contributed by atoms with Crippen LogP contribution >= 0.6 is 0 Å². The molecule has 4 heteroatoms. The Morgan fingerprint density at radius 1 is 1.11 bits per heavy atom. The first-order valence-corrected chi connectivity index (χ1v) is 7.51. The fourth-order valence-corrected chi connectivity index (χ4v) is 1.92. The summed E-state index contributed by atoms with van der Waals surface area (Å²) in [6.07, 6.45) is 4.43. The van der Waals surface area contributed by atoms with Crippen LogP contribution in [0.4, 0.5) is 11.6 Å². The van der Waals surface area contributed by atoms with Gasteiger partial charge in [0.15, 0.2) is 0 Å². The van der Waals surface area contributed by atoms with Gasteiger partial charge in [-0.1, -0.05) is 20.8 Å². The van der Waals surface area contributed by atoms with Gasteiger partial charge in [0.1, 0.15) is 17.5 Å². The lowest BCUT2D eigenvalue weighted by atomic mass is 10.1. The van der Waals surface area contributed by atoms with E-state index in [2.05, 4.69) is 48.3 Å². The number of aromatic nitrogens is 2. The molecule has 1 aromatic rings. The smallest absolute Gasteiger partial charge is 0.133 e. The summed E-state index contributed by atoms with van der Waals surface area (Å²) in [7, 11) is 0. The highest BCUT2D eigenvalue weighted by molar-refractivity contribution is 5.47. The van der Waals surface area contributed by atoms with Crippen LogP contribution in [0.25, 0.3) is 0 Å². The Labute approximate surface area is 117 Å². The Balaban J connectivity index is 2.59. The third-order valence-corrected chi connectivity index (χ3v) is 2.87. The van der Waals surface area contributed by atoms with Crippen LogP contribution in [0.2, 0.25) is 0 Å². The third kappa shape index (κ3) is 6.41. The van der Waals surface area contributed by atoms with Gasteiger partial charge in [0.2, 0.25) is 0 Å². The molecule has 0 atom stereocenters. The molecule has 0 saturated carbocycles. The molecule has 0 amide bonds. The van der Waals surface area contributed by atoms with E-state index in [4.69, 9.17) is 0 Å². The number of anilines is 2. The largest absolute Gasteiger partial charge is 0.370 e. The summed E-state index contributed by atoms with van der Waals surface area (Å²) in [4.78, 5) is 9.07. The fraction of sp³-hybridized carbons (Fsp3) is 0.733. The molecular formula is C15H28N4. The number of hydrogen-bond acceptors (Lipinski definition) is 4. The second-order valence-corrected chi connectivity index (χ2v) is 5.30. The van der Waals surface area contributed by atoms with E-state index in [1.54, 1.807) is 0 Å². The van der Waals surface area contributed by atoms with Gasteiger partial charge in [-0.25, -0.2) is 9.97 Å². The van der Waals surface area contributed by atoms with Crippen LogP contribution in [0, 0.1) is 5.92 Å². The average molecular weight is 264 g/mol. The quantitative estimate of drug-likeness (QED) is 0.668. The highest BCUT2D eigenvalue weighted by atomic mass is 15.1. The zero-order chi connectivity index (χ0) is 14.1. The maximum absolute atomic E-state index is 4.56. The van der Waals surface area contributed by atoms with Gasteiger partial charge in [-0.2, -0.15) is 0 Å². The van der Waals surface area contributed by atoms with Crippen LogP contribution in [0.5, 0.6) is 0 Å². The first-order valence-electron chi connectivity index (χ1n) is 7.51. The van der Waals surface area contributed by atoms with Crippen LogP contribution in [0.15, 0.2) is 6.07 Å². The molecule has 2 N–H and O–H groups in total. The van der Waals surface area contributed by atoms with Crippen molar-refractivity contribution in [3.05, 3.63) is 11.9 Å². The minimum absolute atomic E-state index is 0.764. The molecule has 1 aromatic heterocycles. The molecule has 0 aliphatic carbocycles. The van der Waals surface area contributed by atoms with Crippen LogP contribution in [-0.2, 0) is 6.42 Å². The van der Waals surface area contributed by atoms with Gasteiger partial charge in [0.05, 0.1) is 0 Å². The van der Waals surface area contributed by atoms with Crippen molar-refractivity contribution in [2.45, 2.75) is 53.4 Å². The van der Waals surface area contributed by atoms with Gasteiger partial charge in [0, 0.05) is 25.6 Å². The van der Waals surface area contributed by atoms with Crippen molar-refractivity contribution in [3.63, 3.8) is 0 Å². The van der Waals surface area contributed by atoms with Crippen molar-refractivity contribution in [2.24, 2.45) is 5.92 Å². The zero-order valence-electron chi connectivity index (χ0n) is 12.8. The van der Waals surface area contributed by atoms with E-state index >= 15 is 0 Å². The molecule has 1 rings (SSSR count). The lowest BCUT2D eigenvalue weighted by molar-refractivity contribution is 0.566. The van der Waals surface area contributed by atoms with Crippen molar-refractivity contribution in [2.75, 3.05) is 23.7 Å². The maximum atomic E-state index is 4.56. The summed E-state index contributed by atoms with van der Waals surface area (Å²) < 4.78 is 0. The van der Waals surface area contributed by atoms with E-state index in [0.29, 0.717) is 0 Å². The van der Waals surface area contributed by atoms with Crippen molar-refractivity contribution < 1.29 is 0 Å². The van der Waals surface area contributed by atoms with E-state index in [1.165, 1.54) is 12.8 Å². The fourth-order valence-electron chi connectivity index (χ4n) is 1.92. The molecule has 0 saturated heterocycles. The molecule has 0 fully saturated rings. The molecule has 4 nitrogen and oxygen atoms in total. The Hall–Kier alpha value is -1.32. The van der Waals surface area contributed by atoms with Gasteiger partial charge < -0.3 is 10.6 Å². The van der Waals surface area contributed by atoms with Crippen LogP contribution in [0.1, 0.15) is 52.8 Å². The first-order chi connectivity index (χ1) is 9.15. The molecule has 0 radical (unpaired) electrons. The van der Waals surface area contributed by atoms with Gasteiger partial charge in [-0.05, 0) is 32.1 Å². The number of nitrogens with one attached hydrogen (secondary N) is 2. The molecule has 0 aliphatic heterocycles. The Morgan fingerprint density at radius 3 is 2.37 bits per heavy atom. The van der Waals surface area contributed by atoms with Crippen LogP contribution in [0.3, 0.4) is 0 Å². The van der Waals surface area contributed by atoms with E-state index in [0.717, 1.165) is 49.3 Å². The summed E-state index contributed by atoms with van der Waals surface area (Å²) in [5.41, 5.74) is 0. The summed E-state index contributed by atoms with van der Waals surface area (Å²) in [6, 6.07) is 2.00. The molecule has 0 unspecified atom stereocenters. The predicted molar refractivity (Wildman–Crippen MR) is 82.8 cm³/mol. The Kier molecular flexibility index (Phi) is 7.23. The second-order valence-electron chi connectivity index (χ2n) is 5.30. The third-order valence-electron chi connectivity index (χ3n) is 2.87. The van der Waals surface area contributed by atoms with E-state index < -0.39 is 0 Å². The Morgan fingerprint density at radius 2 is 1.79 bits per heavy atom. The zero-order valence-corrected chi connectivity index (χ0v) is 12.8. The molecule has 1 heterocycles. The molecule has 0 bridgehead atoms. The molecule has 0 aliphatic rings. The summed E-state index contributed by atoms with van der Waals surface area (Å²) in [5.74, 6) is 3.55. The van der Waals surface area contributed by atoms with E-state index in [9.17, 15) is 0 Å². The molecule has 0 spiro atoms. The van der Waals surface area contributed by atoms with E-state index in [-0.39, 0.29) is 0 Å². The number of rotatable bonds is 9. The SMILES string of the molecule is CCCc1nc(NCC)cc(NCCCC(C)C)n1. The first kappa shape index (κ1) is 15.7. The number of hydrogen-bond donors (Lipinski definition) is 2. The van der Waals surface area contributed by atoms with Crippen molar-refractivity contribution in [1.29, 1.82) is 0 Å². The topological polar surface area (TPSA) is 49.8 Å². The van der Waals surface area contributed by atoms with Gasteiger partial charge in [-0.3, -0.25) is 0 Å². The molecular weight excluding hydrogens is 236 g/mol. The normalized spacial score (nSPS) is 10.8. The highest BCUT2D eigenvalue weighted by Crippen LogP contribution is 2.13. The highest BCUT2D eigenvalue weighted by Gasteiger charge is 2.03. The van der Waals surface area contributed by atoms with Crippen molar-refractivity contribution >= 4 is 11.6 Å². The summed E-state index contributed by atoms with van der Waals surface area (Å²) in [6.45, 7) is 10.6. The van der Waals surface area contributed by atoms with Crippen LogP contribution < -0.4 is 10.6 Å². The van der Waals surface area contributed by atoms with Gasteiger partial charge >= 0.3 is 0 Å². The van der Waals surface area contributed by atoms with Gasteiger partial charge in [-0.15, -0.1) is 0 Å². The molecule has 0 aromatic carbocycles. The average Bonchev–Trinajstić information content (AvgIpc) is 2.35. The lowest BCUT2D eigenvalue weighted by Crippen LogP contribution is -2.09. The number of nitrogens with zero attached hydrogens (tertiary/aromatic N) is 2. The van der Waals surface area contributed by atoms with Crippen LogP contribution in [-0.4, -0.2) is 23.1 Å². The summed E-state index contributed by atoms with van der Waals surface area (Å²) in [5, 5.41) is 6.67. The lowest BCUT2D eigenvalue weighted by Gasteiger charge is -2.11. The standard InChI is InChI=1S/C15H28N4/c1-5-8-13-18-14(16-6-2)11-15(19-13)17-10-7-9-12(3)4/h11-12H,5-10H2,1-4H3,(H2,16,17,18,19). The number of aryl methyl sites for hydroxylation is 1. The van der Waals surface area contributed by atoms with Crippen molar-refractivity contribution in [3.8, 4) is 0 Å². The summed E-state index contributed by atoms with van der Waals surface area (Å²) >= 11 is 0.